The molecule has 0 aliphatic rings. The Bertz CT molecular complexity index is 478. The van der Waals surface area contributed by atoms with E-state index in [2.05, 4.69) is 5.32 Å². The first kappa shape index (κ1) is 20.1. The van der Waals surface area contributed by atoms with E-state index in [1.54, 1.807) is 14.0 Å². The van der Waals surface area contributed by atoms with Gasteiger partial charge < -0.3 is 19.5 Å². The molecule has 1 unspecified atom stereocenters. The predicted molar refractivity (Wildman–Crippen MR) is 90.4 cm³/mol. The average Bonchev–Trinajstić information content (AvgIpc) is 2.60. The van der Waals surface area contributed by atoms with Crippen molar-refractivity contribution in [3.63, 3.8) is 0 Å². The van der Waals surface area contributed by atoms with Gasteiger partial charge in [0.2, 0.25) is 5.91 Å². The van der Waals surface area contributed by atoms with Gasteiger partial charge in [0.1, 0.15) is 12.7 Å². The fourth-order valence-corrected chi connectivity index (χ4v) is 1.94. The van der Waals surface area contributed by atoms with Crippen molar-refractivity contribution in [3.05, 3.63) is 35.9 Å². The van der Waals surface area contributed by atoms with Crippen LogP contribution in [0.5, 0.6) is 0 Å². The van der Waals surface area contributed by atoms with Crippen molar-refractivity contribution in [2.45, 2.75) is 38.9 Å². The molecule has 0 aliphatic carbocycles. The highest BCUT2D eigenvalue weighted by Crippen LogP contribution is 2.03. The van der Waals surface area contributed by atoms with E-state index in [1.165, 1.54) is 0 Å². The Morgan fingerprint density at radius 1 is 1.12 bits per heavy atom. The average molecular weight is 337 g/mol. The maximum atomic E-state index is 11.7. The Morgan fingerprint density at radius 3 is 2.58 bits per heavy atom. The number of esters is 1. The highest BCUT2D eigenvalue weighted by molar-refractivity contribution is 5.80. The van der Waals surface area contributed by atoms with Gasteiger partial charge in [-0.15, -0.1) is 0 Å². The number of rotatable bonds is 12. The van der Waals surface area contributed by atoms with Crippen LogP contribution in [0.15, 0.2) is 30.3 Å². The van der Waals surface area contributed by atoms with E-state index in [1.807, 2.05) is 30.3 Å². The van der Waals surface area contributed by atoms with Gasteiger partial charge in [0, 0.05) is 20.1 Å². The van der Waals surface area contributed by atoms with Crippen molar-refractivity contribution in [2.75, 3.05) is 26.9 Å². The van der Waals surface area contributed by atoms with E-state index in [-0.39, 0.29) is 11.9 Å². The number of methoxy groups -OCH3 is 1. The number of amides is 1. The Balaban J connectivity index is 2.02. The second-order valence-electron chi connectivity index (χ2n) is 5.40. The molecule has 24 heavy (non-hydrogen) atoms. The number of unbranched alkanes of at least 4 members (excludes halogenated alkanes) is 1. The summed E-state index contributed by atoms with van der Waals surface area (Å²) >= 11 is 0. The van der Waals surface area contributed by atoms with Gasteiger partial charge in [-0.05, 0) is 25.3 Å². The van der Waals surface area contributed by atoms with Gasteiger partial charge in [0.05, 0.1) is 13.2 Å². The normalized spacial score (nSPS) is 11.8. The molecular weight excluding hydrogens is 310 g/mol. The summed E-state index contributed by atoms with van der Waals surface area (Å²) in [5.74, 6) is -0.376. The van der Waals surface area contributed by atoms with E-state index in [9.17, 15) is 9.59 Å². The SMILES string of the molecule is COCCOC(C)C(=O)NCCCCC(=O)OCc1ccccc1. The van der Waals surface area contributed by atoms with Crippen molar-refractivity contribution in [1.29, 1.82) is 0 Å². The lowest BCUT2D eigenvalue weighted by molar-refractivity contribution is -0.145. The summed E-state index contributed by atoms with van der Waals surface area (Å²) in [5.41, 5.74) is 0.973. The van der Waals surface area contributed by atoms with Crippen LogP contribution in [-0.2, 0) is 30.4 Å². The number of nitrogens with one attached hydrogen (secondary N) is 1. The highest BCUT2D eigenvalue weighted by Gasteiger charge is 2.12. The van der Waals surface area contributed by atoms with Crippen LogP contribution < -0.4 is 5.32 Å². The topological polar surface area (TPSA) is 73.9 Å². The lowest BCUT2D eigenvalue weighted by Gasteiger charge is -2.13. The van der Waals surface area contributed by atoms with Crippen molar-refractivity contribution < 1.29 is 23.8 Å². The predicted octanol–water partition coefficient (Wildman–Crippen LogP) is 2.07. The Kier molecular flexibility index (Phi) is 10.5. The first-order valence-electron chi connectivity index (χ1n) is 8.21. The first-order chi connectivity index (χ1) is 11.6. The lowest BCUT2D eigenvalue weighted by Crippen LogP contribution is -2.35. The summed E-state index contributed by atoms with van der Waals surface area (Å²) in [6, 6.07) is 9.57. The Hall–Kier alpha value is -1.92. The molecule has 1 aromatic carbocycles. The van der Waals surface area contributed by atoms with Crippen LogP contribution in [0, 0.1) is 0 Å². The molecule has 1 N–H and O–H groups in total. The molecule has 134 valence electrons. The van der Waals surface area contributed by atoms with E-state index < -0.39 is 6.10 Å². The van der Waals surface area contributed by atoms with E-state index in [0.29, 0.717) is 39.2 Å². The minimum absolute atomic E-state index is 0.155. The maximum absolute atomic E-state index is 11.7. The molecule has 0 radical (unpaired) electrons. The molecule has 6 nitrogen and oxygen atoms in total. The van der Waals surface area contributed by atoms with Crippen LogP contribution in [0.4, 0.5) is 0 Å². The molecule has 1 rings (SSSR count). The standard InChI is InChI=1S/C18H27NO5/c1-15(23-13-12-22-2)18(21)19-11-7-6-10-17(20)24-14-16-8-4-3-5-9-16/h3-5,8-9,15H,6-7,10-14H2,1-2H3,(H,19,21). The third kappa shape index (κ3) is 9.27. The largest absolute Gasteiger partial charge is 0.461 e. The second kappa shape index (κ2) is 12.5. The molecule has 1 atom stereocenters. The fourth-order valence-electron chi connectivity index (χ4n) is 1.94. The van der Waals surface area contributed by atoms with Gasteiger partial charge in [-0.25, -0.2) is 0 Å². The summed E-state index contributed by atoms with van der Waals surface area (Å²) in [6.07, 6.45) is 1.24. The zero-order valence-corrected chi connectivity index (χ0v) is 14.5. The zero-order valence-electron chi connectivity index (χ0n) is 14.5. The van der Waals surface area contributed by atoms with E-state index >= 15 is 0 Å². The highest BCUT2D eigenvalue weighted by atomic mass is 16.5. The molecule has 1 amide bonds. The van der Waals surface area contributed by atoms with Crippen LogP contribution >= 0.6 is 0 Å². The zero-order chi connectivity index (χ0) is 17.6. The van der Waals surface area contributed by atoms with Gasteiger partial charge >= 0.3 is 5.97 Å². The molecule has 0 aliphatic heterocycles. The van der Waals surface area contributed by atoms with E-state index in [0.717, 1.165) is 12.0 Å². The molecule has 0 heterocycles. The summed E-state index contributed by atoms with van der Waals surface area (Å²) < 4.78 is 15.3. The summed E-state index contributed by atoms with van der Waals surface area (Å²) in [6.45, 7) is 3.36. The molecule has 0 bridgehead atoms. The van der Waals surface area contributed by atoms with Crippen LogP contribution in [0.25, 0.3) is 0 Å². The molecule has 1 aromatic rings. The first-order valence-corrected chi connectivity index (χ1v) is 8.21. The van der Waals surface area contributed by atoms with Gasteiger partial charge in [0.25, 0.3) is 0 Å². The number of hydrogen-bond donors (Lipinski definition) is 1. The number of carbonyl (C=O) groups excluding carboxylic acids is 2. The molecule has 0 fully saturated rings. The van der Waals surface area contributed by atoms with Gasteiger partial charge in [-0.3, -0.25) is 9.59 Å². The summed E-state index contributed by atoms with van der Waals surface area (Å²) in [7, 11) is 1.58. The molecular formula is C18H27NO5. The third-order valence-corrected chi connectivity index (χ3v) is 3.37. The van der Waals surface area contributed by atoms with Crippen molar-refractivity contribution >= 4 is 11.9 Å². The molecule has 0 spiro atoms. The minimum atomic E-state index is -0.504. The lowest BCUT2D eigenvalue weighted by atomic mass is 10.2. The van der Waals surface area contributed by atoms with Crippen LogP contribution in [0.3, 0.4) is 0 Å². The number of ether oxygens (including phenoxy) is 3. The summed E-state index contributed by atoms with van der Waals surface area (Å²) in [4.78, 5) is 23.4. The minimum Gasteiger partial charge on any atom is -0.461 e. The summed E-state index contributed by atoms with van der Waals surface area (Å²) in [5, 5.41) is 2.78. The van der Waals surface area contributed by atoms with Crippen LogP contribution in [0.1, 0.15) is 31.7 Å². The van der Waals surface area contributed by atoms with Crippen LogP contribution in [-0.4, -0.2) is 44.8 Å². The number of hydrogen-bond acceptors (Lipinski definition) is 5. The third-order valence-electron chi connectivity index (χ3n) is 3.37. The Labute approximate surface area is 143 Å². The molecule has 0 aromatic heterocycles. The maximum Gasteiger partial charge on any atom is 0.306 e. The monoisotopic (exact) mass is 337 g/mol. The van der Waals surface area contributed by atoms with E-state index in [4.69, 9.17) is 14.2 Å². The smallest absolute Gasteiger partial charge is 0.306 e. The van der Waals surface area contributed by atoms with Crippen molar-refractivity contribution in [3.8, 4) is 0 Å². The molecule has 0 saturated heterocycles. The van der Waals surface area contributed by atoms with Crippen molar-refractivity contribution in [2.24, 2.45) is 0 Å². The molecule has 0 saturated carbocycles. The van der Waals surface area contributed by atoms with Crippen LogP contribution in [0.2, 0.25) is 0 Å². The Morgan fingerprint density at radius 2 is 1.88 bits per heavy atom. The fraction of sp³-hybridized carbons (Fsp3) is 0.556. The number of carbonyl (C=O) groups is 2. The van der Waals surface area contributed by atoms with Gasteiger partial charge in [0.15, 0.2) is 0 Å². The quantitative estimate of drug-likeness (QED) is 0.467. The van der Waals surface area contributed by atoms with Gasteiger partial charge in [-0.1, -0.05) is 30.3 Å². The second-order valence-corrected chi connectivity index (χ2v) is 5.40. The van der Waals surface area contributed by atoms with Gasteiger partial charge in [-0.2, -0.15) is 0 Å². The molecule has 6 heteroatoms. The van der Waals surface area contributed by atoms with Crippen molar-refractivity contribution in [1.82, 2.24) is 5.32 Å². The number of benzene rings is 1.